The number of carbonyl (C=O) groups is 1. The Morgan fingerprint density at radius 2 is 1.88 bits per heavy atom. The van der Waals surface area contributed by atoms with Gasteiger partial charge in [-0.3, -0.25) is 0 Å². The first-order chi connectivity index (χ1) is 11.4. The third-order valence-electron chi connectivity index (χ3n) is 3.60. The van der Waals surface area contributed by atoms with Crippen molar-refractivity contribution in [3.05, 3.63) is 64.5 Å². The lowest BCUT2D eigenvalue weighted by Crippen LogP contribution is -2.25. The lowest BCUT2D eigenvalue weighted by Gasteiger charge is -2.11. The molecule has 2 aromatic carbocycles. The van der Waals surface area contributed by atoms with Crippen molar-refractivity contribution in [1.29, 1.82) is 0 Å². The van der Waals surface area contributed by atoms with Crippen molar-refractivity contribution < 1.29 is 13.9 Å². The second-order valence-electron chi connectivity index (χ2n) is 5.78. The number of benzene rings is 2. The molecule has 1 amide bonds. The molecule has 0 saturated heterocycles. The molecule has 0 unspecified atom stereocenters. The van der Waals surface area contributed by atoms with Crippen LogP contribution in [0.25, 0.3) is 22.1 Å². The average Bonchev–Trinajstić information content (AvgIpc) is 2.54. The SMILES string of the molecule is Cc1ccc2oc(=O)c(-c3cccc(OC(=O)N(C)C)c3)cc2c1. The van der Waals surface area contributed by atoms with Gasteiger partial charge in [0.1, 0.15) is 11.3 Å². The molecule has 0 aliphatic rings. The Morgan fingerprint density at radius 3 is 2.62 bits per heavy atom. The molecule has 0 atom stereocenters. The van der Waals surface area contributed by atoms with Crippen LogP contribution >= 0.6 is 0 Å². The monoisotopic (exact) mass is 323 g/mol. The molecule has 0 spiro atoms. The molecule has 0 fully saturated rings. The maximum absolute atomic E-state index is 12.3. The minimum absolute atomic E-state index is 0.370. The van der Waals surface area contributed by atoms with Crippen LogP contribution in [-0.4, -0.2) is 25.1 Å². The predicted octanol–water partition coefficient (Wildman–Crippen LogP) is 3.83. The third kappa shape index (κ3) is 3.15. The Labute approximate surface area is 139 Å². The average molecular weight is 323 g/mol. The van der Waals surface area contributed by atoms with E-state index in [0.29, 0.717) is 22.5 Å². The number of ether oxygens (including phenoxy) is 1. The van der Waals surface area contributed by atoms with Crippen LogP contribution in [0, 0.1) is 6.92 Å². The Kier molecular flexibility index (Phi) is 4.08. The van der Waals surface area contributed by atoms with Crippen LogP contribution in [0.15, 0.2) is 57.7 Å². The molecule has 5 heteroatoms. The largest absolute Gasteiger partial charge is 0.422 e. The summed E-state index contributed by atoms with van der Waals surface area (Å²) in [4.78, 5) is 25.3. The van der Waals surface area contributed by atoms with Gasteiger partial charge in [0.2, 0.25) is 0 Å². The van der Waals surface area contributed by atoms with E-state index in [2.05, 4.69) is 0 Å². The lowest BCUT2D eigenvalue weighted by molar-refractivity contribution is 0.172. The smallest absolute Gasteiger partial charge is 0.414 e. The fourth-order valence-corrected chi connectivity index (χ4v) is 2.36. The molecular weight excluding hydrogens is 306 g/mol. The van der Waals surface area contributed by atoms with Crippen molar-refractivity contribution in [1.82, 2.24) is 4.90 Å². The first-order valence-corrected chi connectivity index (χ1v) is 7.48. The van der Waals surface area contributed by atoms with Gasteiger partial charge in [-0.1, -0.05) is 23.8 Å². The molecule has 3 rings (SSSR count). The van der Waals surface area contributed by atoms with Crippen molar-refractivity contribution in [2.45, 2.75) is 6.92 Å². The first kappa shape index (κ1) is 15.8. The molecule has 0 aliphatic heterocycles. The Bertz CT molecular complexity index is 973. The second-order valence-corrected chi connectivity index (χ2v) is 5.78. The minimum atomic E-state index is -0.478. The molecule has 0 saturated carbocycles. The molecule has 0 aliphatic carbocycles. The summed E-state index contributed by atoms with van der Waals surface area (Å²) in [6, 6.07) is 14.2. The number of fused-ring (bicyclic) bond motifs is 1. The maximum Gasteiger partial charge on any atom is 0.414 e. The van der Waals surface area contributed by atoms with Crippen LogP contribution < -0.4 is 10.4 Å². The van der Waals surface area contributed by atoms with E-state index in [1.165, 1.54) is 4.90 Å². The van der Waals surface area contributed by atoms with E-state index in [0.717, 1.165) is 10.9 Å². The second kappa shape index (κ2) is 6.20. The molecule has 0 N–H and O–H groups in total. The number of rotatable bonds is 2. The fourth-order valence-electron chi connectivity index (χ4n) is 2.36. The van der Waals surface area contributed by atoms with E-state index < -0.39 is 11.7 Å². The van der Waals surface area contributed by atoms with Gasteiger partial charge >= 0.3 is 11.7 Å². The van der Waals surface area contributed by atoms with E-state index in [1.807, 2.05) is 19.1 Å². The highest BCUT2D eigenvalue weighted by atomic mass is 16.6. The number of amides is 1. The number of hydrogen-bond acceptors (Lipinski definition) is 4. The molecule has 3 aromatic rings. The van der Waals surface area contributed by atoms with Crippen molar-refractivity contribution in [2.75, 3.05) is 14.1 Å². The van der Waals surface area contributed by atoms with Gasteiger partial charge in [-0.2, -0.15) is 0 Å². The zero-order chi connectivity index (χ0) is 17.3. The number of nitrogens with zero attached hydrogens (tertiary/aromatic N) is 1. The Hall–Kier alpha value is -3.08. The van der Waals surface area contributed by atoms with Gasteiger partial charge in [-0.15, -0.1) is 0 Å². The zero-order valence-electron chi connectivity index (χ0n) is 13.7. The molecule has 1 heterocycles. The van der Waals surface area contributed by atoms with Crippen LogP contribution in [0.5, 0.6) is 5.75 Å². The van der Waals surface area contributed by atoms with E-state index in [1.54, 1.807) is 50.5 Å². The van der Waals surface area contributed by atoms with Gasteiger partial charge in [-0.05, 0) is 42.8 Å². The molecule has 1 aromatic heterocycles. The highest BCUT2D eigenvalue weighted by Gasteiger charge is 2.11. The van der Waals surface area contributed by atoms with Gasteiger partial charge in [-0.25, -0.2) is 9.59 Å². The summed E-state index contributed by atoms with van der Waals surface area (Å²) in [6.45, 7) is 1.98. The Balaban J connectivity index is 2.05. The molecule has 122 valence electrons. The van der Waals surface area contributed by atoms with Crippen molar-refractivity contribution in [2.24, 2.45) is 0 Å². The van der Waals surface area contributed by atoms with Crippen molar-refractivity contribution >= 4 is 17.1 Å². The standard InChI is InChI=1S/C19H17NO4/c1-12-7-8-17-14(9-12)11-16(18(21)24-17)13-5-4-6-15(10-13)23-19(22)20(2)3/h4-11H,1-3H3. The highest BCUT2D eigenvalue weighted by Crippen LogP contribution is 2.25. The van der Waals surface area contributed by atoms with Gasteiger partial charge < -0.3 is 14.1 Å². The summed E-state index contributed by atoms with van der Waals surface area (Å²) in [6.07, 6.45) is -0.478. The summed E-state index contributed by atoms with van der Waals surface area (Å²) >= 11 is 0. The summed E-state index contributed by atoms with van der Waals surface area (Å²) in [7, 11) is 3.21. The quantitative estimate of drug-likeness (QED) is 0.673. The van der Waals surface area contributed by atoms with Gasteiger partial charge in [0, 0.05) is 19.5 Å². The maximum atomic E-state index is 12.3. The Morgan fingerprint density at radius 1 is 1.08 bits per heavy atom. The van der Waals surface area contributed by atoms with Gasteiger partial charge in [0.15, 0.2) is 0 Å². The van der Waals surface area contributed by atoms with Gasteiger partial charge in [0.25, 0.3) is 0 Å². The van der Waals surface area contributed by atoms with Crippen molar-refractivity contribution in [3.63, 3.8) is 0 Å². The van der Waals surface area contributed by atoms with Crippen molar-refractivity contribution in [3.8, 4) is 16.9 Å². The van der Waals surface area contributed by atoms with Crippen LogP contribution in [0.4, 0.5) is 4.79 Å². The minimum Gasteiger partial charge on any atom is -0.422 e. The molecule has 5 nitrogen and oxygen atoms in total. The summed E-state index contributed by atoms with van der Waals surface area (Å²) in [5, 5.41) is 0.847. The number of aryl methyl sites for hydroxylation is 1. The predicted molar refractivity (Wildman–Crippen MR) is 92.4 cm³/mol. The van der Waals surface area contributed by atoms with Crippen LogP contribution in [0.3, 0.4) is 0 Å². The number of hydrogen-bond donors (Lipinski definition) is 0. The van der Waals surface area contributed by atoms with E-state index in [4.69, 9.17) is 9.15 Å². The number of carbonyl (C=O) groups excluding carboxylic acids is 1. The van der Waals surface area contributed by atoms with E-state index in [9.17, 15) is 9.59 Å². The summed E-state index contributed by atoms with van der Waals surface area (Å²) < 4.78 is 10.6. The zero-order valence-corrected chi connectivity index (χ0v) is 13.7. The van der Waals surface area contributed by atoms with Gasteiger partial charge in [0.05, 0.1) is 5.56 Å². The van der Waals surface area contributed by atoms with E-state index in [-0.39, 0.29) is 0 Å². The highest BCUT2D eigenvalue weighted by molar-refractivity contribution is 5.82. The molecule has 24 heavy (non-hydrogen) atoms. The third-order valence-corrected chi connectivity index (χ3v) is 3.60. The lowest BCUT2D eigenvalue weighted by atomic mass is 10.0. The van der Waals surface area contributed by atoms with E-state index >= 15 is 0 Å². The van der Waals surface area contributed by atoms with Crippen LogP contribution in [0.1, 0.15) is 5.56 Å². The molecule has 0 bridgehead atoms. The summed E-state index contributed by atoms with van der Waals surface area (Å²) in [5.41, 5.74) is 2.26. The molecule has 0 radical (unpaired) electrons. The summed E-state index contributed by atoms with van der Waals surface area (Å²) in [5.74, 6) is 0.370. The first-order valence-electron chi connectivity index (χ1n) is 7.48. The normalized spacial score (nSPS) is 10.6. The topological polar surface area (TPSA) is 59.8 Å². The van der Waals surface area contributed by atoms with Crippen LogP contribution in [-0.2, 0) is 0 Å². The molecular formula is C19H17NO4. The van der Waals surface area contributed by atoms with Crippen LogP contribution in [0.2, 0.25) is 0 Å². The fraction of sp³-hybridized carbons (Fsp3) is 0.158.